The SMILES string of the molecule is CC(C(=O)Nc1ccc(S(N)(=O)=O)cc1)N1C[C@@H]2CCC[C@@]2(C(=O)O)C1.Cl. The summed E-state index contributed by atoms with van der Waals surface area (Å²) in [5.41, 5.74) is -0.271. The van der Waals surface area contributed by atoms with Crippen molar-refractivity contribution >= 4 is 40.0 Å². The molecule has 3 atom stereocenters. The van der Waals surface area contributed by atoms with E-state index in [1.54, 1.807) is 6.92 Å². The standard InChI is InChI=1S/C17H23N3O5S.ClH/c1-11(20-9-12-3-2-8-17(12,10-20)16(22)23)15(21)19-13-4-6-14(7-5-13)26(18,24)25;/h4-7,11-12H,2-3,8-10H2,1H3,(H,19,21)(H,22,23)(H2,18,24,25);1H/t11?,12-,17+;/m0./s1. The van der Waals surface area contributed by atoms with E-state index in [2.05, 4.69) is 5.32 Å². The molecule has 1 aliphatic carbocycles. The minimum Gasteiger partial charge on any atom is -0.481 e. The summed E-state index contributed by atoms with van der Waals surface area (Å²) in [5.74, 6) is -0.938. The van der Waals surface area contributed by atoms with Gasteiger partial charge in [0.25, 0.3) is 0 Å². The van der Waals surface area contributed by atoms with Crippen LogP contribution < -0.4 is 10.5 Å². The third-order valence-electron chi connectivity index (χ3n) is 5.70. The summed E-state index contributed by atoms with van der Waals surface area (Å²) in [6.07, 6.45) is 2.46. The van der Waals surface area contributed by atoms with E-state index in [-0.39, 0.29) is 29.1 Å². The summed E-state index contributed by atoms with van der Waals surface area (Å²) in [5, 5.41) is 17.4. The average Bonchev–Trinajstić information content (AvgIpc) is 3.12. The van der Waals surface area contributed by atoms with Crippen molar-refractivity contribution in [2.45, 2.75) is 37.1 Å². The molecule has 2 fully saturated rings. The number of primary sulfonamides is 1. The first-order valence-electron chi connectivity index (χ1n) is 8.55. The van der Waals surface area contributed by atoms with E-state index in [0.29, 0.717) is 25.2 Å². The predicted molar refractivity (Wildman–Crippen MR) is 102 cm³/mol. The molecular formula is C17H24ClN3O5S. The summed E-state index contributed by atoms with van der Waals surface area (Å²) in [6, 6.07) is 5.13. The topological polar surface area (TPSA) is 130 Å². The lowest BCUT2D eigenvalue weighted by Crippen LogP contribution is -2.43. The number of carbonyl (C=O) groups is 2. The zero-order valence-corrected chi connectivity index (χ0v) is 16.6. The molecule has 1 aromatic carbocycles. The fourth-order valence-corrected chi connectivity index (χ4v) is 4.63. The molecule has 0 bridgehead atoms. The molecule has 27 heavy (non-hydrogen) atoms. The molecule has 0 aromatic heterocycles. The Labute approximate surface area is 164 Å². The first-order chi connectivity index (χ1) is 12.1. The molecule has 1 amide bonds. The second-order valence-corrected chi connectivity index (χ2v) is 8.78. The van der Waals surface area contributed by atoms with Gasteiger partial charge in [0.15, 0.2) is 0 Å². The van der Waals surface area contributed by atoms with Crippen LogP contribution in [0.2, 0.25) is 0 Å². The van der Waals surface area contributed by atoms with Crippen molar-refractivity contribution in [1.29, 1.82) is 0 Å². The molecule has 1 aliphatic heterocycles. The maximum Gasteiger partial charge on any atom is 0.311 e. The van der Waals surface area contributed by atoms with E-state index in [1.165, 1.54) is 24.3 Å². The number of sulfonamides is 1. The van der Waals surface area contributed by atoms with Gasteiger partial charge in [-0.2, -0.15) is 0 Å². The Bertz CT molecular complexity index is 829. The Balaban J connectivity index is 0.00000261. The Morgan fingerprint density at radius 3 is 2.48 bits per heavy atom. The van der Waals surface area contributed by atoms with Crippen molar-refractivity contribution in [3.63, 3.8) is 0 Å². The maximum atomic E-state index is 12.5. The maximum absolute atomic E-state index is 12.5. The van der Waals surface area contributed by atoms with Crippen LogP contribution in [-0.4, -0.2) is 49.4 Å². The van der Waals surface area contributed by atoms with E-state index in [1.807, 2.05) is 4.90 Å². The van der Waals surface area contributed by atoms with Gasteiger partial charge in [-0.1, -0.05) is 6.42 Å². The van der Waals surface area contributed by atoms with Crippen molar-refractivity contribution in [2.75, 3.05) is 18.4 Å². The van der Waals surface area contributed by atoms with Gasteiger partial charge in [-0.05, 0) is 49.9 Å². The molecule has 4 N–H and O–H groups in total. The van der Waals surface area contributed by atoms with Crippen LogP contribution in [0.15, 0.2) is 29.2 Å². The van der Waals surface area contributed by atoms with Crippen molar-refractivity contribution in [1.82, 2.24) is 4.90 Å². The normalized spacial score (nSPS) is 26.1. The van der Waals surface area contributed by atoms with Crippen molar-refractivity contribution in [3.05, 3.63) is 24.3 Å². The van der Waals surface area contributed by atoms with Gasteiger partial charge in [-0.25, -0.2) is 13.6 Å². The summed E-state index contributed by atoms with van der Waals surface area (Å²) < 4.78 is 22.5. The quantitative estimate of drug-likeness (QED) is 0.661. The van der Waals surface area contributed by atoms with Gasteiger partial charge in [-0.3, -0.25) is 14.5 Å². The number of carbonyl (C=O) groups excluding carboxylic acids is 1. The van der Waals surface area contributed by atoms with Gasteiger partial charge in [0, 0.05) is 18.8 Å². The number of nitrogens with one attached hydrogen (secondary N) is 1. The second-order valence-electron chi connectivity index (χ2n) is 7.21. The number of likely N-dealkylation sites (tertiary alicyclic amines) is 1. The summed E-state index contributed by atoms with van der Waals surface area (Å²) in [7, 11) is -3.78. The van der Waals surface area contributed by atoms with Gasteiger partial charge < -0.3 is 10.4 Å². The van der Waals surface area contributed by atoms with Crippen LogP contribution in [0.25, 0.3) is 0 Å². The minimum absolute atomic E-state index is 0. The molecule has 1 heterocycles. The smallest absolute Gasteiger partial charge is 0.311 e. The molecule has 10 heteroatoms. The van der Waals surface area contributed by atoms with Gasteiger partial charge >= 0.3 is 5.97 Å². The highest BCUT2D eigenvalue weighted by Crippen LogP contribution is 2.49. The Morgan fingerprint density at radius 1 is 1.33 bits per heavy atom. The Hall–Kier alpha value is -1.68. The lowest BCUT2D eigenvalue weighted by molar-refractivity contribution is -0.149. The number of amides is 1. The Morgan fingerprint density at radius 2 is 1.96 bits per heavy atom. The lowest BCUT2D eigenvalue weighted by atomic mass is 9.81. The number of carboxylic acid groups (broad SMARTS) is 1. The van der Waals surface area contributed by atoms with Crippen LogP contribution in [0.1, 0.15) is 26.2 Å². The molecule has 0 spiro atoms. The number of hydrogen-bond acceptors (Lipinski definition) is 5. The molecule has 3 rings (SSSR count). The van der Waals surface area contributed by atoms with Crippen molar-refractivity contribution in [3.8, 4) is 0 Å². The third-order valence-corrected chi connectivity index (χ3v) is 6.63. The van der Waals surface area contributed by atoms with Gasteiger partial charge in [-0.15, -0.1) is 12.4 Å². The highest BCUT2D eigenvalue weighted by Gasteiger charge is 2.55. The highest BCUT2D eigenvalue weighted by atomic mass is 35.5. The monoisotopic (exact) mass is 417 g/mol. The van der Waals surface area contributed by atoms with Crippen LogP contribution >= 0.6 is 12.4 Å². The van der Waals surface area contributed by atoms with Crippen LogP contribution in [-0.2, 0) is 19.6 Å². The number of benzene rings is 1. The largest absolute Gasteiger partial charge is 0.481 e. The lowest BCUT2D eigenvalue weighted by Gasteiger charge is -2.26. The number of nitrogens with zero attached hydrogens (tertiary/aromatic N) is 1. The molecule has 1 saturated carbocycles. The fourth-order valence-electron chi connectivity index (χ4n) is 4.11. The molecule has 2 aliphatic rings. The van der Waals surface area contributed by atoms with Crippen LogP contribution in [0.5, 0.6) is 0 Å². The second kappa shape index (κ2) is 7.75. The molecule has 0 radical (unpaired) electrons. The molecule has 1 saturated heterocycles. The zero-order chi connectivity index (χ0) is 19.1. The van der Waals surface area contributed by atoms with Gasteiger partial charge in [0.05, 0.1) is 16.4 Å². The minimum atomic E-state index is -3.78. The average molecular weight is 418 g/mol. The van der Waals surface area contributed by atoms with Crippen LogP contribution in [0.4, 0.5) is 5.69 Å². The summed E-state index contributed by atoms with van der Waals surface area (Å²) in [4.78, 5) is 26.2. The van der Waals surface area contributed by atoms with Gasteiger partial charge in [0.2, 0.25) is 15.9 Å². The first-order valence-corrected chi connectivity index (χ1v) is 10.1. The highest BCUT2D eigenvalue weighted by molar-refractivity contribution is 7.89. The van der Waals surface area contributed by atoms with E-state index in [0.717, 1.165) is 12.8 Å². The number of nitrogens with two attached hydrogens (primary N) is 1. The van der Waals surface area contributed by atoms with Gasteiger partial charge in [0.1, 0.15) is 0 Å². The van der Waals surface area contributed by atoms with Crippen LogP contribution in [0.3, 0.4) is 0 Å². The van der Waals surface area contributed by atoms with E-state index >= 15 is 0 Å². The Kier molecular flexibility index (Phi) is 6.20. The zero-order valence-electron chi connectivity index (χ0n) is 14.9. The molecule has 1 unspecified atom stereocenters. The molecule has 1 aromatic rings. The number of halogens is 1. The number of anilines is 1. The number of aliphatic carboxylic acids is 1. The number of hydrogen-bond donors (Lipinski definition) is 3. The third kappa shape index (κ3) is 4.11. The van der Waals surface area contributed by atoms with E-state index in [9.17, 15) is 23.1 Å². The van der Waals surface area contributed by atoms with Crippen LogP contribution in [0, 0.1) is 11.3 Å². The predicted octanol–water partition coefficient (Wildman–Crippen LogP) is 1.27. The van der Waals surface area contributed by atoms with Crippen molar-refractivity contribution < 1.29 is 23.1 Å². The summed E-state index contributed by atoms with van der Waals surface area (Å²) in [6.45, 7) is 2.74. The van der Waals surface area contributed by atoms with E-state index < -0.39 is 27.4 Å². The number of fused-ring (bicyclic) bond motifs is 1. The van der Waals surface area contributed by atoms with E-state index in [4.69, 9.17) is 5.14 Å². The fraction of sp³-hybridized carbons (Fsp3) is 0.529. The first kappa shape index (κ1) is 21.6. The molecule has 8 nitrogen and oxygen atoms in total. The summed E-state index contributed by atoms with van der Waals surface area (Å²) >= 11 is 0. The molecule has 150 valence electrons. The van der Waals surface area contributed by atoms with Crippen molar-refractivity contribution in [2.24, 2.45) is 16.5 Å². The number of carboxylic acids is 1. The number of rotatable bonds is 5. The molecular weight excluding hydrogens is 394 g/mol.